The number of hydrogen-bond acceptors (Lipinski definition) is 2. The summed E-state index contributed by atoms with van der Waals surface area (Å²) < 4.78 is 10.8. The third kappa shape index (κ3) is 6.53. The highest BCUT2D eigenvalue weighted by Gasteiger charge is 1.90. The van der Waals surface area contributed by atoms with E-state index in [2.05, 4.69) is 29.6 Å². The van der Waals surface area contributed by atoms with Gasteiger partial charge in [-0.25, -0.2) is 0 Å². The lowest BCUT2D eigenvalue weighted by Gasteiger charge is -1.99. The lowest BCUT2D eigenvalue weighted by Crippen LogP contribution is -2.16. The van der Waals surface area contributed by atoms with Gasteiger partial charge in [0.05, 0.1) is 0 Å². The Labute approximate surface area is 100 Å². The molecule has 16 heavy (non-hydrogen) atoms. The van der Waals surface area contributed by atoms with Gasteiger partial charge >= 0.3 is 0 Å². The van der Waals surface area contributed by atoms with Crippen molar-refractivity contribution in [3.63, 3.8) is 0 Å². The molecule has 1 unspecified atom stereocenters. The van der Waals surface area contributed by atoms with Crippen molar-refractivity contribution in [2.45, 2.75) is 6.42 Å². The molecular weight excluding hydrogens is 218 g/mol. The van der Waals surface area contributed by atoms with Crippen molar-refractivity contribution in [1.29, 1.82) is 0 Å². The Morgan fingerprint density at radius 3 is 2.75 bits per heavy atom. The molecule has 1 rings (SSSR count). The molecular formula is C13H19NOS. The summed E-state index contributed by atoms with van der Waals surface area (Å²) in [5.41, 5.74) is 1.22. The van der Waals surface area contributed by atoms with Crippen LogP contribution in [-0.4, -0.2) is 29.3 Å². The van der Waals surface area contributed by atoms with Gasteiger partial charge < -0.3 is 5.32 Å². The molecule has 0 amide bonds. The minimum absolute atomic E-state index is 0.660. The Morgan fingerprint density at radius 2 is 2.06 bits per heavy atom. The lowest BCUT2D eigenvalue weighted by molar-refractivity contribution is 0.678. The average Bonchev–Trinajstić information content (AvgIpc) is 2.29. The highest BCUT2D eigenvalue weighted by molar-refractivity contribution is 7.84. The maximum Gasteiger partial charge on any atom is 0.0244 e. The van der Waals surface area contributed by atoms with Crippen LogP contribution >= 0.6 is 0 Å². The molecule has 3 heteroatoms. The summed E-state index contributed by atoms with van der Waals surface area (Å²) in [6.45, 7) is 1.80. The molecule has 1 N–H and O–H groups in total. The fraction of sp³-hybridized carbons (Fsp3) is 0.385. The zero-order valence-corrected chi connectivity index (χ0v) is 10.5. The zero-order valence-electron chi connectivity index (χ0n) is 9.69. The van der Waals surface area contributed by atoms with Gasteiger partial charge in [-0.3, -0.25) is 4.21 Å². The van der Waals surface area contributed by atoms with Crippen molar-refractivity contribution >= 4 is 16.9 Å². The number of rotatable bonds is 7. The minimum Gasteiger partial charge on any atom is -0.313 e. The van der Waals surface area contributed by atoms with E-state index in [-0.39, 0.29) is 0 Å². The molecule has 0 saturated carbocycles. The first-order valence-corrected chi connectivity index (χ1v) is 7.24. The number of hydrogen-bond donors (Lipinski definition) is 1. The Morgan fingerprint density at radius 1 is 1.31 bits per heavy atom. The second-order valence-corrected chi connectivity index (χ2v) is 5.20. The maximum absolute atomic E-state index is 10.8. The summed E-state index contributed by atoms with van der Waals surface area (Å²) in [6.07, 6.45) is 6.93. The lowest BCUT2D eigenvalue weighted by atomic mass is 10.2. The van der Waals surface area contributed by atoms with E-state index in [1.807, 2.05) is 18.2 Å². The van der Waals surface area contributed by atoms with Crippen LogP contribution < -0.4 is 5.32 Å². The van der Waals surface area contributed by atoms with Gasteiger partial charge in [0.2, 0.25) is 0 Å². The van der Waals surface area contributed by atoms with Crippen LogP contribution in [0.15, 0.2) is 36.4 Å². The molecule has 0 aliphatic rings. The van der Waals surface area contributed by atoms with Crippen LogP contribution in [0.1, 0.15) is 12.0 Å². The third-order valence-electron chi connectivity index (χ3n) is 2.16. The summed E-state index contributed by atoms with van der Waals surface area (Å²) in [5.74, 6) is 0.787. The monoisotopic (exact) mass is 237 g/mol. The summed E-state index contributed by atoms with van der Waals surface area (Å²) in [6, 6.07) is 10.2. The van der Waals surface area contributed by atoms with Crippen molar-refractivity contribution in [3.05, 3.63) is 42.0 Å². The van der Waals surface area contributed by atoms with Crippen LogP contribution in [0.4, 0.5) is 0 Å². The number of nitrogens with one attached hydrogen (secondary N) is 1. The molecule has 0 fully saturated rings. The molecule has 0 aromatic heterocycles. The first-order chi connectivity index (χ1) is 7.79. The van der Waals surface area contributed by atoms with Gasteiger partial charge in [0.1, 0.15) is 0 Å². The Bertz CT molecular complexity index is 335. The molecule has 2 nitrogen and oxygen atoms in total. The molecule has 1 aromatic carbocycles. The Hall–Kier alpha value is -0.930. The smallest absolute Gasteiger partial charge is 0.0244 e. The largest absolute Gasteiger partial charge is 0.313 e. The van der Waals surface area contributed by atoms with Gasteiger partial charge in [0.25, 0.3) is 0 Å². The SMILES string of the molecule is CS(=O)CCCNC/C=C/c1ccccc1. The molecule has 1 atom stereocenters. The first kappa shape index (κ1) is 13.1. The van der Waals surface area contributed by atoms with Crippen LogP contribution in [0.3, 0.4) is 0 Å². The van der Waals surface area contributed by atoms with Crippen LogP contribution in [0, 0.1) is 0 Å². The highest BCUT2D eigenvalue weighted by atomic mass is 32.2. The third-order valence-corrected chi connectivity index (χ3v) is 3.02. The molecule has 1 aromatic rings. The van der Waals surface area contributed by atoms with Crippen LogP contribution in [0.5, 0.6) is 0 Å². The molecule has 0 spiro atoms. The predicted octanol–water partition coefficient (Wildman–Crippen LogP) is 2.06. The van der Waals surface area contributed by atoms with E-state index in [4.69, 9.17) is 0 Å². The van der Waals surface area contributed by atoms with Gasteiger partial charge in [-0.05, 0) is 18.5 Å². The van der Waals surface area contributed by atoms with Crippen molar-refractivity contribution in [2.24, 2.45) is 0 Å². The van der Waals surface area contributed by atoms with Crippen molar-refractivity contribution in [3.8, 4) is 0 Å². The molecule has 0 saturated heterocycles. The van der Waals surface area contributed by atoms with E-state index < -0.39 is 10.8 Å². The van der Waals surface area contributed by atoms with Crippen LogP contribution in [0.25, 0.3) is 6.08 Å². The van der Waals surface area contributed by atoms with Gasteiger partial charge in [0, 0.05) is 29.4 Å². The quantitative estimate of drug-likeness (QED) is 0.735. The van der Waals surface area contributed by atoms with Gasteiger partial charge in [-0.1, -0.05) is 42.5 Å². The second kappa shape index (κ2) is 8.25. The fourth-order valence-electron chi connectivity index (χ4n) is 1.34. The highest BCUT2D eigenvalue weighted by Crippen LogP contribution is 1.99. The number of benzene rings is 1. The van der Waals surface area contributed by atoms with E-state index in [0.717, 1.165) is 25.3 Å². The molecule has 88 valence electrons. The molecule has 0 aliphatic heterocycles. The van der Waals surface area contributed by atoms with Gasteiger partial charge in [0.15, 0.2) is 0 Å². The Balaban J connectivity index is 2.07. The van der Waals surface area contributed by atoms with E-state index in [0.29, 0.717) is 0 Å². The fourth-order valence-corrected chi connectivity index (χ4v) is 1.90. The predicted molar refractivity (Wildman–Crippen MR) is 71.9 cm³/mol. The molecule has 0 aliphatic carbocycles. The van der Waals surface area contributed by atoms with Gasteiger partial charge in [-0.15, -0.1) is 0 Å². The normalized spacial score (nSPS) is 13.1. The van der Waals surface area contributed by atoms with Crippen LogP contribution in [0.2, 0.25) is 0 Å². The van der Waals surface area contributed by atoms with Gasteiger partial charge in [-0.2, -0.15) is 0 Å². The molecule has 0 heterocycles. The van der Waals surface area contributed by atoms with E-state index in [9.17, 15) is 4.21 Å². The summed E-state index contributed by atoms with van der Waals surface area (Å²) in [7, 11) is -0.660. The molecule has 0 radical (unpaired) electrons. The summed E-state index contributed by atoms with van der Waals surface area (Å²) in [4.78, 5) is 0. The van der Waals surface area contributed by atoms with Crippen molar-refractivity contribution in [2.75, 3.05) is 25.1 Å². The van der Waals surface area contributed by atoms with E-state index in [1.54, 1.807) is 6.26 Å². The zero-order chi connectivity index (χ0) is 11.6. The maximum atomic E-state index is 10.8. The summed E-state index contributed by atoms with van der Waals surface area (Å²) >= 11 is 0. The minimum atomic E-state index is -0.660. The standard InChI is InChI=1S/C13H19NOS/c1-16(15)12-6-11-14-10-5-9-13-7-3-2-4-8-13/h2-5,7-9,14H,6,10-12H2,1H3/b9-5+. The van der Waals surface area contributed by atoms with Crippen molar-refractivity contribution < 1.29 is 4.21 Å². The van der Waals surface area contributed by atoms with Crippen molar-refractivity contribution in [1.82, 2.24) is 5.32 Å². The van der Waals surface area contributed by atoms with E-state index in [1.165, 1.54) is 5.56 Å². The summed E-state index contributed by atoms with van der Waals surface area (Å²) in [5, 5.41) is 3.29. The topological polar surface area (TPSA) is 29.1 Å². The van der Waals surface area contributed by atoms with E-state index >= 15 is 0 Å². The molecule has 0 bridgehead atoms. The first-order valence-electron chi connectivity index (χ1n) is 5.51. The average molecular weight is 237 g/mol. The van der Waals surface area contributed by atoms with Crippen LogP contribution in [-0.2, 0) is 10.8 Å². The second-order valence-electron chi connectivity index (χ2n) is 3.65. The Kier molecular flexibility index (Phi) is 6.77.